The van der Waals surface area contributed by atoms with E-state index in [2.05, 4.69) is 62.2 Å². The molecule has 0 spiro atoms. The monoisotopic (exact) mass is 386 g/mol. The maximum absolute atomic E-state index is 12.4. The fourth-order valence-corrected chi connectivity index (χ4v) is 4.10. The largest absolute Gasteiger partial charge is 0.342 e. The van der Waals surface area contributed by atoms with Crippen LogP contribution in [0.3, 0.4) is 0 Å². The van der Waals surface area contributed by atoms with Crippen molar-refractivity contribution in [3.05, 3.63) is 29.8 Å². The lowest BCUT2D eigenvalue weighted by Gasteiger charge is -2.30. The van der Waals surface area contributed by atoms with Crippen LogP contribution >= 0.6 is 11.8 Å². The Bertz CT molecular complexity index is 784. The van der Waals surface area contributed by atoms with Gasteiger partial charge in [-0.15, -0.1) is 10.2 Å². The number of nitrogens with zero attached hydrogens (tertiary/aromatic N) is 4. The summed E-state index contributed by atoms with van der Waals surface area (Å²) in [5.74, 6) is 2.18. The molecule has 0 radical (unpaired) electrons. The summed E-state index contributed by atoms with van der Waals surface area (Å²) >= 11 is 1.47. The average Bonchev–Trinajstić information content (AvgIpc) is 3.00. The molecule has 1 saturated heterocycles. The number of hydrogen-bond donors (Lipinski definition) is 0. The smallest absolute Gasteiger partial charge is 0.233 e. The Balaban J connectivity index is 1.64. The molecule has 27 heavy (non-hydrogen) atoms. The number of benzene rings is 1. The highest BCUT2D eigenvalue weighted by Crippen LogP contribution is 2.27. The van der Waals surface area contributed by atoms with Crippen LogP contribution in [0.4, 0.5) is 0 Å². The number of piperidine rings is 1. The fraction of sp³-hybridized carbons (Fsp3) is 0.571. The zero-order chi connectivity index (χ0) is 19.6. The van der Waals surface area contributed by atoms with Gasteiger partial charge < -0.3 is 9.47 Å². The van der Waals surface area contributed by atoms with Gasteiger partial charge in [-0.05, 0) is 29.7 Å². The maximum atomic E-state index is 12.4. The van der Waals surface area contributed by atoms with Crippen LogP contribution in [0.15, 0.2) is 29.4 Å². The Morgan fingerprint density at radius 1 is 1.15 bits per heavy atom. The van der Waals surface area contributed by atoms with Gasteiger partial charge in [0.25, 0.3) is 0 Å². The van der Waals surface area contributed by atoms with E-state index in [0.29, 0.717) is 5.75 Å². The van der Waals surface area contributed by atoms with Crippen molar-refractivity contribution in [2.75, 3.05) is 18.8 Å². The number of rotatable bonds is 4. The Morgan fingerprint density at radius 2 is 1.78 bits per heavy atom. The molecule has 2 heterocycles. The Hall–Kier alpha value is -1.82. The normalized spacial score (nSPS) is 16.0. The van der Waals surface area contributed by atoms with E-state index in [4.69, 9.17) is 0 Å². The molecule has 1 aliphatic heterocycles. The van der Waals surface area contributed by atoms with Crippen LogP contribution in [-0.4, -0.2) is 44.4 Å². The second-order valence-corrected chi connectivity index (χ2v) is 9.49. The van der Waals surface area contributed by atoms with E-state index in [1.165, 1.54) is 17.3 Å². The van der Waals surface area contributed by atoms with E-state index >= 15 is 0 Å². The quantitative estimate of drug-likeness (QED) is 0.742. The summed E-state index contributed by atoms with van der Waals surface area (Å²) in [6, 6.07) is 8.49. The Morgan fingerprint density at radius 3 is 2.37 bits per heavy atom. The first kappa shape index (κ1) is 19.9. The Kier molecular flexibility index (Phi) is 5.94. The van der Waals surface area contributed by atoms with Crippen LogP contribution in [0.1, 0.15) is 46.1 Å². The lowest BCUT2D eigenvalue weighted by atomic mass is 9.87. The van der Waals surface area contributed by atoms with E-state index in [1.807, 2.05) is 16.5 Å². The number of hydrogen-bond acceptors (Lipinski definition) is 4. The van der Waals surface area contributed by atoms with Gasteiger partial charge in [-0.3, -0.25) is 4.79 Å². The van der Waals surface area contributed by atoms with Gasteiger partial charge in [0.15, 0.2) is 11.0 Å². The summed E-state index contributed by atoms with van der Waals surface area (Å²) in [6.45, 7) is 10.6. The summed E-state index contributed by atoms with van der Waals surface area (Å²) in [7, 11) is 1.96. The SMILES string of the molecule is CC1CCN(C(=O)CSc2nnc(-c3ccc(C(C)(C)C)cc3)n2C)CC1. The third kappa shape index (κ3) is 4.72. The minimum atomic E-state index is 0.131. The van der Waals surface area contributed by atoms with Crippen molar-refractivity contribution in [1.29, 1.82) is 0 Å². The van der Waals surface area contributed by atoms with Gasteiger partial charge >= 0.3 is 0 Å². The Labute approximate surface area is 166 Å². The molecule has 0 atom stereocenters. The molecule has 1 aromatic carbocycles. The second kappa shape index (κ2) is 8.05. The lowest BCUT2D eigenvalue weighted by Crippen LogP contribution is -2.38. The van der Waals surface area contributed by atoms with Crippen molar-refractivity contribution >= 4 is 17.7 Å². The summed E-state index contributed by atoms with van der Waals surface area (Å²) in [5.41, 5.74) is 2.47. The van der Waals surface area contributed by atoms with Gasteiger partial charge in [0.1, 0.15) is 0 Å². The lowest BCUT2D eigenvalue weighted by molar-refractivity contribution is -0.129. The van der Waals surface area contributed by atoms with Crippen molar-refractivity contribution in [2.45, 2.75) is 51.1 Å². The molecule has 1 fully saturated rings. The van der Waals surface area contributed by atoms with Gasteiger partial charge in [-0.1, -0.05) is 63.7 Å². The molecule has 0 unspecified atom stereocenters. The summed E-state index contributed by atoms with van der Waals surface area (Å²) < 4.78 is 1.97. The van der Waals surface area contributed by atoms with Crippen molar-refractivity contribution in [3.8, 4) is 11.4 Å². The highest BCUT2D eigenvalue weighted by Gasteiger charge is 2.21. The highest BCUT2D eigenvalue weighted by atomic mass is 32.2. The number of amides is 1. The second-order valence-electron chi connectivity index (χ2n) is 8.54. The topological polar surface area (TPSA) is 51.0 Å². The van der Waals surface area contributed by atoms with Gasteiger partial charge in [0.05, 0.1) is 5.75 Å². The van der Waals surface area contributed by atoms with Crippen LogP contribution in [0.25, 0.3) is 11.4 Å². The van der Waals surface area contributed by atoms with Crippen LogP contribution in [-0.2, 0) is 17.3 Å². The van der Waals surface area contributed by atoms with E-state index in [9.17, 15) is 4.79 Å². The van der Waals surface area contributed by atoms with E-state index in [0.717, 1.165) is 48.4 Å². The van der Waals surface area contributed by atoms with E-state index in [-0.39, 0.29) is 11.3 Å². The number of thioether (sulfide) groups is 1. The van der Waals surface area contributed by atoms with Gasteiger partial charge in [0, 0.05) is 25.7 Å². The summed E-state index contributed by atoms with van der Waals surface area (Å²) in [6.07, 6.45) is 2.21. The van der Waals surface area contributed by atoms with Crippen molar-refractivity contribution in [2.24, 2.45) is 13.0 Å². The predicted molar refractivity (Wildman–Crippen MR) is 111 cm³/mol. The van der Waals surface area contributed by atoms with Crippen molar-refractivity contribution in [3.63, 3.8) is 0 Å². The zero-order valence-corrected chi connectivity index (χ0v) is 17.8. The molecule has 0 bridgehead atoms. The van der Waals surface area contributed by atoms with Crippen LogP contribution in [0.2, 0.25) is 0 Å². The summed E-state index contributed by atoms with van der Waals surface area (Å²) in [4.78, 5) is 14.4. The van der Waals surface area contributed by atoms with Crippen LogP contribution in [0.5, 0.6) is 0 Å². The third-order valence-electron chi connectivity index (χ3n) is 5.31. The molecular formula is C21H30N4OS. The van der Waals surface area contributed by atoms with E-state index in [1.54, 1.807) is 0 Å². The predicted octanol–water partition coefficient (Wildman–Crippen LogP) is 4.13. The first-order chi connectivity index (χ1) is 12.8. The minimum Gasteiger partial charge on any atom is -0.342 e. The molecule has 1 aliphatic rings. The number of carbonyl (C=O) groups excluding carboxylic acids is 1. The molecular weight excluding hydrogens is 356 g/mol. The molecule has 2 aromatic rings. The standard InChI is InChI=1S/C21H30N4OS/c1-15-10-12-25(13-11-15)18(26)14-27-20-23-22-19(24(20)5)16-6-8-17(9-7-16)21(2,3)4/h6-9,15H,10-14H2,1-5H3. The number of carbonyl (C=O) groups is 1. The average molecular weight is 387 g/mol. The van der Waals surface area contributed by atoms with E-state index < -0.39 is 0 Å². The number of likely N-dealkylation sites (tertiary alicyclic amines) is 1. The van der Waals surface area contributed by atoms with Crippen molar-refractivity contribution in [1.82, 2.24) is 19.7 Å². The molecule has 5 nitrogen and oxygen atoms in total. The number of aromatic nitrogens is 3. The zero-order valence-electron chi connectivity index (χ0n) is 17.0. The minimum absolute atomic E-state index is 0.131. The first-order valence-corrected chi connectivity index (χ1v) is 10.6. The molecule has 6 heteroatoms. The molecule has 0 N–H and O–H groups in total. The van der Waals surface area contributed by atoms with Crippen LogP contribution in [0, 0.1) is 5.92 Å². The fourth-order valence-electron chi connectivity index (χ4n) is 3.29. The summed E-state index contributed by atoms with van der Waals surface area (Å²) in [5, 5.41) is 9.42. The molecule has 0 saturated carbocycles. The molecule has 3 rings (SSSR count). The molecule has 146 valence electrons. The molecule has 1 amide bonds. The third-order valence-corrected chi connectivity index (χ3v) is 6.31. The molecule has 1 aromatic heterocycles. The van der Waals surface area contributed by atoms with Crippen molar-refractivity contribution < 1.29 is 4.79 Å². The maximum Gasteiger partial charge on any atom is 0.233 e. The first-order valence-electron chi connectivity index (χ1n) is 9.66. The van der Waals surface area contributed by atoms with Crippen LogP contribution < -0.4 is 0 Å². The van der Waals surface area contributed by atoms with Gasteiger partial charge in [0.2, 0.25) is 5.91 Å². The van der Waals surface area contributed by atoms with Gasteiger partial charge in [-0.25, -0.2) is 0 Å². The molecule has 0 aliphatic carbocycles. The highest BCUT2D eigenvalue weighted by molar-refractivity contribution is 7.99. The van der Waals surface area contributed by atoms with Gasteiger partial charge in [-0.2, -0.15) is 0 Å².